The van der Waals surface area contributed by atoms with Gasteiger partial charge in [-0.05, 0) is 87.9 Å². The Kier molecular flexibility index (Phi) is 8.09. The van der Waals surface area contributed by atoms with Gasteiger partial charge in [-0.3, -0.25) is 4.79 Å². The number of carboxylic acids is 1. The summed E-state index contributed by atoms with van der Waals surface area (Å²) in [6, 6.07) is 0. The Morgan fingerprint density at radius 3 is 2.50 bits per heavy atom. The van der Waals surface area contributed by atoms with Crippen molar-refractivity contribution >= 4 is 5.97 Å². The third-order valence-electron chi connectivity index (χ3n) is 11.4. The quantitative estimate of drug-likeness (QED) is 0.324. The number of ether oxygens (including phenoxy) is 3. The van der Waals surface area contributed by atoms with Crippen molar-refractivity contribution in [2.75, 3.05) is 7.11 Å². The maximum absolute atomic E-state index is 11.2. The average Bonchev–Trinajstić information content (AvgIpc) is 3.12. The van der Waals surface area contributed by atoms with E-state index in [0.717, 1.165) is 37.5 Å². The van der Waals surface area contributed by atoms with Gasteiger partial charge in [-0.15, -0.1) is 0 Å². The third-order valence-corrected chi connectivity index (χ3v) is 11.4. The molecule has 0 radical (unpaired) electrons. The number of rotatable bonds is 3. The maximum atomic E-state index is 11.2. The number of allylic oxidation sites excluding steroid dienone is 2. The molecule has 6 fully saturated rings. The van der Waals surface area contributed by atoms with E-state index in [0.29, 0.717) is 29.6 Å². The van der Waals surface area contributed by atoms with E-state index in [1.165, 1.54) is 31.3 Å². The minimum atomic E-state index is -0.698. The predicted molar refractivity (Wildman–Crippen MR) is 142 cm³/mol. The third kappa shape index (κ3) is 4.78. The number of carbonyl (C=O) groups is 1. The highest BCUT2D eigenvalue weighted by molar-refractivity contribution is 5.70. The average molecular weight is 535 g/mol. The molecule has 4 aliphatic heterocycles. The first-order valence-electron chi connectivity index (χ1n) is 15.1. The van der Waals surface area contributed by atoms with Gasteiger partial charge in [0.2, 0.25) is 5.79 Å². The van der Waals surface area contributed by atoms with Crippen molar-refractivity contribution in [2.45, 2.75) is 117 Å². The van der Waals surface area contributed by atoms with E-state index >= 15 is 0 Å². The highest BCUT2D eigenvalue weighted by Crippen LogP contribution is 2.60. The second kappa shape index (κ2) is 10.8. The molecule has 0 amide bonds. The lowest BCUT2D eigenvalue weighted by molar-refractivity contribution is -0.577. The fraction of sp³-hybridized carbons (Fsp3) is 0.903. The van der Waals surface area contributed by atoms with Crippen molar-refractivity contribution in [1.29, 1.82) is 0 Å². The van der Waals surface area contributed by atoms with Crippen molar-refractivity contribution in [1.82, 2.24) is 0 Å². The van der Waals surface area contributed by atoms with E-state index in [1.807, 2.05) is 13.8 Å². The van der Waals surface area contributed by atoms with Gasteiger partial charge in [0.15, 0.2) is 18.2 Å². The molecule has 7 heteroatoms. The molecule has 4 saturated heterocycles. The number of methoxy groups -OCH3 is 1. The second-order valence-electron chi connectivity index (χ2n) is 13.6. The van der Waals surface area contributed by atoms with Crippen LogP contribution in [0.1, 0.15) is 92.9 Å². The molecular formula is C31H50O7. The van der Waals surface area contributed by atoms with Crippen LogP contribution >= 0.6 is 0 Å². The lowest BCUT2D eigenvalue weighted by atomic mass is 9.58. The van der Waals surface area contributed by atoms with E-state index in [2.05, 4.69) is 33.8 Å². The number of hydrogen-bond donors (Lipinski definition) is 1. The molecule has 4 unspecified atom stereocenters. The summed E-state index contributed by atoms with van der Waals surface area (Å²) in [5, 5.41) is 9.24. The molecule has 2 bridgehead atoms. The molecule has 38 heavy (non-hydrogen) atoms. The zero-order valence-electron chi connectivity index (χ0n) is 24.5. The van der Waals surface area contributed by atoms with Crippen LogP contribution in [0, 0.1) is 53.3 Å². The first-order chi connectivity index (χ1) is 18.0. The predicted octanol–water partition coefficient (Wildman–Crippen LogP) is 6.57. The van der Waals surface area contributed by atoms with Gasteiger partial charge in [-0.1, -0.05) is 45.8 Å². The van der Waals surface area contributed by atoms with Gasteiger partial charge in [0, 0.05) is 25.4 Å². The summed E-state index contributed by atoms with van der Waals surface area (Å²) in [7, 11) is 1.70. The number of fused-ring (bicyclic) bond motifs is 3. The monoisotopic (exact) mass is 534 g/mol. The summed E-state index contributed by atoms with van der Waals surface area (Å²) in [5.74, 6) is 2.48. The molecular weight excluding hydrogens is 484 g/mol. The second-order valence-corrected chi connectivity index (χ2v) is 13.6. The highest BCUT2D eigenvalue weighted by atomic mass is 17.3. The van der Waals surface area contributed by atoms with Crippen molar-refractivity contribution in [2.24, 2.45) is 53.3 Å². The molecule has 4 heterocycles. The summed E-state index contributed by atoms with van der Waals surface area (Å²) in [6.07, 6.45) is 10.8. The van der Waals surface area contributed by atoms with Crippen molar-refractivity contribution in [3.63, 3.8) is 0 Å². The lowest BCUT2D eigenvalue weighted by Crippen LogP contribution is -2.70. The Balaban J connectivity index is 0.000000159. The molecule has 216 valence electrons. The van der Waals surface area contributed by atoms with Gasteiger partial charge in [0.25, 0.3) is 0 Å². The van der Waals surface area contributed by atoms with Gasteiger partial charge < -0.3 is 19.3 Å². The Bertz CT molecular complexity index is 905. The molecule has 7 nitrogen and oxygen atoms in total. The van der Waals surface area contributed by atoms with Crippen LogP contribution in [0.25, 0.3) is 0 Å². The fourth-order valence-electron chi connectivity index (χ4n) is 9.00. The fourth-order valence-corrected chi connectivity index (χ4v) is 9.00. The lowest BCUT2D eigenvalue weighted by Gasteiger charge is -2.60. The molecule has 7 aliphatic rings. The molecule has 13 atom stereocenters. The first kappa shape index (κ1) is 28.5. The number of aliphatic carboxylic acids is 1. The van der Waals surface area contributed by atoms with Crippen LogP contribution in [-0.4, -0.2) is 42.2 Å². The molecule has 0 aromatic heterocycles. The van der Waals surface area contributed by atoms with Gasteiger partial charge in [0.1, 0.15) is 0 Å². The normalized spacial score (nSPS) is 50.3. The number of hydrogen-bond acceptors (Lipinski definition) is 6. The van der Waals surface area contributed by atoms with Gasteiger partial charge in [0.05, 0.1) is 5.92 Å². The van der Waals surface area contributed by atoms with Crippen molar-refractivity contribution in [3.05, 3.63) is 11.6 Å². The number of carboxylic acid groups (broad SMARTS) is 1. The van der Waals surface area contributed by atoms with Crippen LogP contribution in [0.2, 0.25) is 0 Å². The van der Waals surface area contributed by atoms with Crippen molar-refractivity contribution < 1.29 is 33.9 Å². The molecule has 2 saturated carbocycles. The highest BCUT2D eigenvalue weighted by Gasteiger charge is 2.69. The minimum Gasteiger partial charge on any atom is -0.481 e. The Labute approximate surface area is 228 Å². The van der Waals surface area contributed by atoms with Gasteiger partial charge in [-0.25, -0.2) is 9.78 Å². The Morgan fingerprint density at radius 2 is 1.79 bits per heavy atom. The molecule has 0 aromatic carbocycles. The first-order valence-corrected chi connectivity index (χ1v) is 15.1. The van der Waals surface area contributed by atoms with E-state index in [9.17, 15) is 9.90 Å². The summed E-state index contributed by atoms with van der Waals surface area (Å²) in [4.78, 5) is 23.0. The van der Waals surface area contributed by atoms with Crippen LogP contribution < -0.4 is 0 Å². The van der Waals surface area contributed by atoms with E-state index in [-0.39, 0.29) is 18.1 Å². The van der Waals surface area contributed by atoms with E-state index < -0.39 is 23.6 Å². The SMILES string of the molecule is CC1=CC2C(CC1)[C@H](C)CC[C@H]2[C@@H](C)C(=O)O.CO[C@H]1O[C@@H]2O[C@]3(C)CCC4[C@H](C)CCC([C@H]1C)[C@]42OO3. The van der Waals surface area contributed by atoms with Crippen LogP contribution in [0.4, 0.5) is 0 Å². The summed E-state index contributed by atoms with van der Waals surface area (Å²) < 4.78 is 17.9. The smallest absolute Gasteiger partial charge is 0.306 e. The standard InChI is InChI=1S/C16H26O5.C15H24O2/c1-9-5-6-12-10(2)13(17-4)18-14-16(12)11(9)7-8-15(3,19-14)20-21-16;1-9-4-6-12-10(2)5-7-13(14(12)8-9)11(3)15(16)17/h9-14H,5-8H2,1-4H3;8,10-14H,4-7H2,1-3H3,(H,16,17)/t9-,10-,11?,12?,13+,14-,15+,16-;10-,11-,12?,13+,14?/m11/s1. The summed E-state index contributed by atoms with van der Waals surface area (Å²) >= 11 is 0. The topological polar surface area (TPSA) is 83.5 Å². The van der Waals surface area contributed by atoms with Crippen LogP contribution in [0.3, 0.4) is 0 Å². The largest absolute Gasteiger partial charge is 0.481 e. The van der Waals surface area contributed by atoms with Crippen LogP contribution in [-0.2, 0) is 28.8 Å². The van der Waals surface area contributed by atoms with Crippen LogP contribution in [0.5, 0.6) is 0 Å². The molecule has 0 aromatic rings. The minimum absolute atomic E-state index is 0.197. The Morgan fingerprint density at radius 1 is 1.05 bits per heavy atom. The molecule has 3 aliphatic carbocycles. The van der Waals surface area contributed by atoms with Crippen LogP contribution in [0.15, 0.2) is 11.6 Å². The zero-order chi connectivity index (χ0) is 27.4. The maximum Gasteiger partial charge on any atom is 0.306 e. The van der Waals surface area contributed by atoms with E-state index in [1.54, 1.807) is 7.11 Å². The zero-order valence-corrected chi connectivity index (χ0v) is 24.5. The van der Waals surface area contributed by atoms with Gasteiger partial charge >= 0.3 is 5.97 Å². The molecule has 1 spiro atoms. The van der Waals surface area contributed by atoms with Gasteiger partial charge in [-0.2, -0.15) is 0 Å². The van der Waals surface area contributed by atoms with Crippen molar-refractivity contribution in [3.8, 4) is 0 Å². The summed E-state index contributed by atoms with van der Waals surface area (Å²) in [6.45, 7) is 12.9. The molecule has 7 rings (SSSR count). The van der Waals surface area contributed by atoms with E-state index in [4.69, 9.17) is 24.0 Å². The summed E-state index contributed by atoms with van der Waals surface area (Å²) in [5.41, 5.74) is 0.991. The molecule has 1 N–H and O–H groups in total. The Hall–Kier alpha value is -0.990.